The number of rotatable bonds is 5. The Balaban J connectivity index is 1.82. The average molecular weight is 459 g/mol. The number of nitrogens with two attached hydrogens (primary N) is 1. The van der Waals surface area contributed by atoms with Gasteiger partial charge in [-0.1, -0.05) is 24.3 Å². The monoisotopic (exact) mass is 458 g/mol. The minimum atomic E-state index is -0.889. The van der Waals surface area contributed by atoms with Gasteiger partial charge in [-0.25, -0.2) is 4.99 Å². The Morgan fingerprint density at radius 2 is 1.94 bits per heavy atom. The minimum Gasteiger partial charge on any atom is -0.491 e. The van der Waals surface area contributed by atoms with Crippen molar-refractivity contribution in [2.75, 3.05) is 7.05 Å². The van der Waals surface area contributed by atoms with E-state index < -0.39 is 11.5 Å². The molecule has 2 heterocycles. The van der Waals surface area contributed by atoms with Crippen molar-refractivity contribution < 1.29 is 9.53 Å². The van der Waals surface area contributed by atoms with E-state index >= 15 is 0 Å². The number of carbonyl (C=O) groups is 1. The first-order valence-electron chi connectivity index (χ1n) is 10.7. The van der Waals surface area contributed by atoms with Gasteiger partial charge in [-0.15, -0.1) is 11.3 Å². The number of hydrogen-bond acceptors (Lipinski definition) is 6. The molecule has 33 heavy (non-hydrogen) atoms. The molecule has 7 heteroatoms. The molecule has 0 spiro atoms. The zero-order valence-electron chi connectivity index (χ0n) is 19.1. The fourth-order valence-electron chi connectivity index (χ4n) is 4.15. The van der Waals surface area contributed by atoms with Gasteiger partial charge >= 0.3 is 0 Å². The minimum absolute atomic E-state index is 0.0223. The standard InChI is InChI=1S/C26H26N4O2S/c1-16(2)32-21-10-6-9-19(12-21)23-24(31)30(4)25(28)29-26(23,3)22-13-20(15-33-22)18-8-5-7-17(11-18)14-27/h5-13,15-16,23H,1-4H3,(H2,28,29)/t23-,26+/m0/s1. The third kappa shape index (κ3) is 4.22. The zero-order chi connectivity index (χ0) is 23.8. The largest absolute Gasteiger partial charge is 0.491 e. The van der Waals surface area contributed by atoms with Gasteiger partial charge in [-0.3, -0.25) is 9.69 Å². The second-order valence-electron chi connectivity index (χ2n) is 8.58. The van der Waals surface area contributed by atoms with E-state index in [0.29, 0.717) is 11.3 Å². The molecule has 0 saturated carbocycles. The molecule has 0 unspecified atom stereocenters. The topological polar surface area (TPSA) is 91.7 Å². The van der Waals surface area contributed by atoms with Gasteiger partial charge in [-0.05, 0) is 73.2 Å². The maximum absolute atomic E-state index is 13.5. The van der Waals surface area contributed by atoms with Crippen molar-refractivity contribution in [2.45, 2.75) is 38.3 Å². The van der Waals surface area contributed by atoms with Gasteiger partial charge < -0.3 is 10.5 Å². The maximum Gasteiger partial charge on any atom is 0.239 e. The lowest BCUT2D eigenvalue weighted by Crippen LogP contribution is -2.52. The van der Waals surface area contributed by atoms with E-state index in [1.807, 2.05) is 74.7 Å². The van der Waals surface area contributed by atoms with Gasteiger partial charge in [-0.2, -0.15) is 5.26 Å². The highest BCUT2D eigenvalue weighted by atomic mass is 32.1. The van der Waals surface area contributed by atoms with Crippen molar-refractivity contribution in [2.24, 2.45) is 10.7 Å². The van der Waals surface area contributed by atoms with Crippen molar-refractivity contribution in [1.82, 2.24) is 4.90 Å². The smallest absolute Gasteiger partial charge is 0.239 e. The van der Waals surface area contributed by atoms with Gasteiger partial charge in [0.1, 0.15) is 11.3 Å². The molecule has 168 valence electrons. The molecule has 1 aromatic heterocycles. The van der Waals surface area contributed by atoms with Crippen molar-refractivity contribution in [3.8, 4) is 22.9 Å². The van der Waals surface area contributed by atoms with Crippen molar-refractivity contribution >= 4 is 23.2 Å². The number of carbonyl (C=O) groups excluding carboxylic acids is 1. The van der Waals surface area contributed by atoms with E-state index in [1.54, 1.807) is 13.1 Å². The molecule has 0 radical (unpaired) electrons. The summed E-state index contributed by atoms with van der Waals surface area (Å²) in [6.45, 7) is 5.89. The van der Waals surface area contributed by atoms with Gasteiger partial charge in [0.15, 0.2) is 5.96 Å². The van der Waals surface area contributed by atoms with Crippen LogP contribution in [-0.2, 0) is 10.3 Å². The number of aliphatic imine (C=N–C) groups is 1. The van der Waals surface area contributed by atoms with Gasteiger partial charge in [0.25, 0.3) is 0 Å². The highest BCUT2D eigenvalue weighted by Crippen LogP contribution is 2.47. The molecule has 3 aromatic rings. The van der Waals surface area contributed by atoms with Crippen molar-refractivity contribution in [3.63, 3.8) is 0 Å². The first-order valence-corrected chi connectivity index (χ1v) is 11.6. The number of likely N-dealkylation sites (N-methyl/N-ethyl adjacent to an activating group) is 1. The molecule has 0 saturated heterocycles. The number of amides is 1. The average Bonchev–Trinajstić information content (AvgIpc) is 3.29. The second-order valence-corrected chi connectivity index (χ2v) is 9.49. The van der Waals surface area contributed by atoms with Crippen LogP contribution in [0.1, 0.15) is 42.7 Å². The lowest BCUT2D eigenvalue weighted by molar-refractivity contribution is -0.130. The summed E-state index contributed by atoms with van der Waals surface area (Å²) in [4.78, 5) is 20.7. The molecule has 2 atom stereocenters. The van der Waals surface area contributed by atoms with Crippen LogP contribution < -0.4 is 10.5 Å². The summed E-state index contributed by atoms with van der Waals surface area (Å²) in [5, 5.41) is 11.3. The van der Waals surface area contributed by atoms with E-state index in [0.717, 1.165) is 21.6 Å². The molecule has 0 aliphatic carbocycles. The Labute approximate surface area is 197 Å². The van der Waals surface area contributed by atoms with Crippen LogP contribution in [0.2, 0.25) is 0 Å². The van der Waals surface area contributed by atoms with Crippen LogP contribution in [0, 0.1) is 11.3 Å². The maximum atomic E-state index is 13.5. The summed E-state index contributed by atoms with van der Waals surface area (Å²) in [7, 11) is 1.65. The van der Waals surface area contributed by atoms with E-state index in [2.05, 4.69) is 6.07 Å². The Hall–Kier alpha value is -3.63. The first-order chi connectivity index (χ1) is 15.7. The number of guanidine groups is 1. The summed E-state index contributed by atoms with van der Waals surface area (Å²) in [6, 6.07) is 19.3. The Morgan fingerprint density at radius 3 is 2.67 bits per heavy atom. The molecule has 2 N–H and O–H groups in total. The second kappa shape index (κ2) is 8.72. The first kappa shape index (κ1) is 22.6. The lowest BCUT2D eigenvalue weighted by Gasteiger charge is -2.40. The number of nitriles is 1. The highest BCUT2D eigenvalue weighted by Gasteiger charge is 2.48. The van der Waals surface area contributed by atoms with Crippen LogP contribution in [-0.4, -0.2) is 29.9 Å². The third-order valence-electron chi connectivity index (χ3n) is 5.82. The van der Waals surface area contributed by atoms with Crippen LogP contribution in [0.3, 0.4) is 0 Å². The van der Waals surface area contributed by atoms with Crippen LogP contribution >= 0.6 is 11.3 Å². The molecular weight excluding hydrogens is 432 g/mol. The number of thiophene rings is 1. The highest BCUT2D eigenvalue weighted by molar-refractivity contribution is 7.10. The Kier molecular flexibility index (Phi) is 5.96. The van der Waals surface area contributed by atoms with Crippen molar-refractivity contribution in [3.05, 3.63) is 76.0 Å². The van der Waals surface area contributed by atoms with E-state index in [-0.39, 0.29) is 18.0 Å². The summed E-state index contributed by atoms with van der Waals surface area (Å²) in [5.74, 6) is 0.216. The lowest BCUT2D eigenvalue weighted by atomic mass is 9.77. The Bertz CT molecular complexity index is 1270. The third-order valence-corrected chi connectivity index (χ3v) is 6.97. The summed E-state index contributed by atoms with van der Waals surface area (Å²) in [6.07, 6.45) is 0.0223. The molecule has 2 aromatic carbocycles. The Morgan fingerprint density at radius 1 is 1.18 bits per heavy atom. The fraction of sp³-hybridized carbons (Fsp3) is 0.269. The summed E-state index contributed by atoms with van der Waals surface area (Å²) in [5.41, 5.74) is 8.63. The number of ether oxygens (including phenoxy) is 1. The van der Waals surface area contributed by atoms with Crippen molar-refractivity contribution in [1.29, 1.82) is 5.26 Å². The van der Waals surface area contributed by atoms with Crippen LogP contribution in [0.5, 0.6) is 5.75 Å². The van der Waals surface area contributed by atoms with Crippen LogP contribution in [0.4, 0.5) is 0 Å². The summed E-state index contributed by atoms with van der Waals surface area (Å²) < 4.78 is 5.88. The molecule has 1 aliphatic rings. The fourth-order valence-corrected chi connectivity index (χ4v) is 5.21. The van der Waals surface area contributed by atoms with Crippen LogP contribution in [0.15, 0.2) is 65.0 Å². The number of hydrogen-bond donors (Lipinski definition) is 1. The molecular formula is C26H26N4O2S. The molecule has 1 aliphatic heterocycles. The quantitative estimate of drug-likeness (QED) is 0.591. The van der Waals surface area contributed by atoms with Gasteiger partial charge in [0.2, 0.25) is 5.91 Å². The normalized spacial score (nSPS) is 20.5. The van der Waals surface area contributed by atoms with Crippen LogP contribution in [0.25, 0.3) is 11.1 Å². The number of nitrogens with zero attached hydrogens (tertiary/aromatic N) is 3. The number of benzene rings is 2. The van der Waals surface area contributed by atoms with Gasteiger partial charge in [0, 0.05) is 11.9 Å². The molecule has 6 nitrogen and oxygen atoms in total. The van der Waals surface area contributed by atoms with E-state index in [9.17, 15) is 10.1 Å². The van der Waals surface area contributed by atoms with Gasteiger partial charge in [0.05, 0.1) is 23.7 Å². The van der Waals surface area contributed by atoms with E-state index in [4.69, 9.17) is 15.5 Å². The predicted octanol–water partition coefficient (Wildman–Crippen LogP) is 4.86. The molecule has 4 rings (SSSR count). The molecule has 1 amide bonds. The molecule has 0 fully saturated rings. The SMILES string of the molecule is CC(C)Oc1cccc([C@H]2C(=O)N(C)C(N)=N[C@]2(C)c2cc(-c3cccc(C#N)c3)cs2)c1. The molecule has 0 bridgehead atoms. The van der Waals surface area contributed by atoms with E-state index in [1.165, 1.54) is 16.2 Å². The summed E-state index contributed by atoms with van der Waals surface area (Å²) >= 11 is 1.53. The zero-order valence-corrected chi connectivity index (χ0v) is 19.9. The predicted molar refractivity (Wildman–Crippen MR) is 131 cm³/mol.